The Hall–Kier alpha value is -2.96. The van der Waals surface area contributed by atoms with Gasteiger partial charge in [0.2, 0.25) is 0 Å². The molecule has 7 nitrogen and oxygen atoms in total. The van der Waals surface area contributed by atoms with E-state index in [0.29, 0.717) is 23.7 Å². The molecule has 1 amide bonds. The molecule has 0 spiro atoms. The number of amides is 1. The Morgan fingerprint density at radius 2 is 2.13 bits per heavy atom. The van der Waals surface area contributed by atoms with Gasteiger partial charge in [-0.1, -0.05) is 11.2 Å². The van der Waals surface area contributed by atoms with Gasteiger partial charge < -0.3 is 9.84 Å². The van der Waals surface area contributed by atoms with E-state index < -0.39 is 0 Å². The molecule has 3 aromatic heterocycles. The standard InChI is InChI=1S/C16H17N5O2/c1-10-15(11(2)23-20-10)13-5-4-6-14(18-13)16(22)17-9-12-7-8-21(3)19-12/h4-8H,9H2,1-3H3,(H,17,22). The molecule has 0 fully saturated rings. The first-order valence-electron chi connectivity index (χ1n) is 7.21. The van der Waals surface area contributed by atoms with Crippen molar-refractivity contribution in [2.75, 3.05) is 0 Å². The number of rotatable bonds is 4. The lowest BCUT2D eigenvalue weighted by atomic mass is 10.1. The van der Waals surface area contributed by atoms with Gasteiger partial charge in [0.1, 0.15) is 11.5 Å². The predicted octanol–water partition coefficient (Wildman–Crippen LogP) is 2.02. The first-order chi connectivity index (χ1) is 11.0. The Morgan fingerprint density at radius 3 is 2.78 bits per heavy atom. The Bertz CT molecular complexity index is 830. The lowest BCUT2D eigenvalue weighted by molar-refractivity contribution is 0.0945. The molecule has 1 N–H and O–H groups in total. The highest BCUT2D eigenvalue weighted by Gasteiger charge is 2.15. The molecule has 0 unspecified atom stereocenters. The average molecular weight is 311 g/mol. The van der Waals surface area contributed by atoms with Crippen molar-refractivity contribution in [3.63, 3.8) is 0 Å². The first-order valence-corrected chi connectivity index (χ1v) is 7.21. The molecule has 0 aliphatic carbocycles. The second-order valence-corrected chi connectivity index (χ2v) is 5.27. The number of nitrogens with one attached hydrogen (secondary N) is 1. The summed E-state index contributed by atoms with van der Waals surface area (Å²) in [5.74, 6) is 0.435. The van der Waals surface area contributed by atoms with E-state index in [1.165, 1.54) is 0 Å². The van der Waals surface area contributed by atoms with E-state index in [2.05, 4.69) is 20.6 Å². The smallest absolute Gasteiger partial charge is 0.270 e. The topological polar surface area (TPSA) is 85.8 Å². The molecule has 0 aliphatic heterocycles. The van der Waals surface area contributed by atoms with Gasteiger partial charge in [0.05, 0.1) is 29.2 Å². The van der Waals surface area contributed by atoms with Crippen LogP contribution in [-0.4, -0.2) is 25.8 Å². The SMILES string of the molecule is Cc1noc(C)c1-c1cccc(C(=O)NCc2ccn(C)n2)n1. The fourth-order valence-corrected chi connectivity index (χ4v) is 2.37. The highest BCUT2D eigenvalue weighted by atomic mass is 16.5. The molecular weight excluding hydrogens is 294 g/mol. The van der Waals surface area contributed by atoms with Gasteiger partial charge in [0.15, 0.2) is 0 Å². The molecule has 23 heavy (non-hydrogen) atoms. The van der Waals surface area contributed by atoms with Crippen molar-refractivity contribution in [3.8, 4) is 11.3 Å². The van der Waals surface area contributed by atoms with Crippen molar-refractivity contribution in [1.29, 1.82) is 0 Å². The van der Waals surface area contributed by atoms with Gasteiger partial charge in [-0.2, -0.15) is 5.10 Å². The van der Waals surface area contributed by atoms with Gasteiger partial charge in [-0.25, -0.2) is 4.98 Å². The monoisotopic (exact) mass is 311 g/mol. The van der Waals surface area contributed by atoms with Crippen LogP contribution in [0.4, 0.5) is 0 Å². The van der Waals surface area contributed by atoms with Crippen LogP contribution in [0.25, 0.3) is 11.3 Å². The van der Waals surface area contributed by atoms with E-state index >= 15 is 0 Å². The van der Waals surface area contributed by atoms with Crippen molar-refractivity contribution >= 4 is 5.91 Å². The van der Waals surface area contributed by atoms with Crippen LogP contribution in [0.15, 0.2) is 35.0 Å². The molecule has 3 heterocycles. The first kappa shape index (κ1) is 15.0. The van der Waals surface area contributed by atoms with E-state index in [-0.39, 0.29) is 5.91 Å². The number of nitrogens with zero attached hydrogens (tertiary/aromatic N) is 4. The van der Waals surface area contributed by atoms with Crippen LogP contribution in [0.2, 0.25) is 0 Å². The quantitative estimate of drug-likeness (QED) is 0.796. The zero-order valence-electron chi connectivity index (χ0n) is 13.2. The molecule has 0 bridgehead atoms. The number of carbonyl (C=O) groups excluding carboxylic acids is 1. The van der Waals surface area contributed by atoms with Crippen LogP contribution < -0.4 is 5.32 Å². The molecule has 0 aromatic carbocycles. The Balaban J connectivity index is 1.78. The lowest BCUT2D eigenvalue weighted by Crippen LogP contribution is -2.24. The summed E-state index contributed by atoms with van der Waals surface area (Å²) in [5.41, 5.74) is 3.39. The Kier molecular flexibility index (Phi) is 3.92. The van der Waals surface area contributed by atoms with Crippen molar-refractivity contribution in [2.24, 2.45) is 7.05 Å². The third-order valence-electron chi connectivity index (χ3n) is 3.47. The van der Waals surface area contributed by atoms with Gasteiger partial charge in [-0.05, 0) is 32.0 Å². The average Bonchev–Trinajstić information content (AvgIpc) is 3.10. The molecule has 3 aromatic rings. The third-order valence-corrected chi connectivity index (χ3v) is 3.47. The van der Waals surface area contributed by atoms with Gasteiger partial charge in [-0.15, -0.1) is 0 Å². The number of hydrogen-bond acceptors (Lipinski definition) is 5. The summed E-state index contributed by atoms with van der Waals surface area (Å²) < 4.78 is 6.85. The second-order valence-electron chi connectivity index (χ2n) is 5.27. The summed E-state index contributed by atoms with van der Waals surface area (Å²) in [4.78, 5) is 16.7. The number of carbonyl (C=O) groups is 1. The largest absolute Gasteiger partial charge is 0.361 e. The lowest BCUT2D eigenvalue weighted by Gasteiger charge is -2.05. The molecule has 0 atom stereocenters. The molecule has 0 aliphatic rings. The minimum Gasteiger partial charge on any atom is -0.361 e. The Morgan fingerprint density at radius 1 is 1.30 bits per heavy atom. The van der Waals surface area contributed by atoms with Crippen molar-refractivity contribution in [2.45, 2.75) is 20.4 Å². The van der Waals surface area contributed by atoms with Crippen LogP contribution in [0.5, 0.6) is 0 Å². The minimum absolute atomic E-state index is 0.246. The van der Waals surface area contributed by atoms with Crippen LogP contribution in [0.3, 0.4) is 0 Å². The summed E-state index contributed by atoms with van der Waals surface area (Å²) in [6.07, 6.45) is 1.83. The molecule has 118 valence electrons. The van der Waals surface area contributed by atoms with E-state index in [1.54, 1.807) is 16.8 Å². The normalized spacial score (nSPS) is 10.7. The number of aryl methyl sites for hydroxylation is 3. The fourth-order valence-electron chi connectivity index (χ4n) is 2.37. The van der Waals surface area contributed by atoms with Gasteiger partial charge in [0, 0.05) is 13.2 Å². The summed E-state index contributed by atoms with van der Waals surface area (Å²) in [7, 11) is 1.83. The van der Waals surface area contributed by atoms with Gasteiger partial charge in [-0.3, -0.25) is 9.48 Å². The molecule has 0 saturated carbocycles. The second kappa shape index (κ2) is 6.04. The number of aromatic nitrogens is 4. The fraction of sp³-hybridized carbons (Fsp3) is 0.250. The summed E-state index contributed by atoms with van der Waals surface area (Å²) >= 11 is 0. The maximum absolute atomic E-state index is 12.3. The van der Waals surface area contributed by atoms with Gasteiger partial charge >= 0.3 is 0 Å². The Labute approximate surface area is 133 Å². The highest BCUT2D eigenvalue weighted by molar-refractivity contribution is 5.92. The molecule has 0 saturated heterocycles. The summed E-state index contributed by atoms with van der Waals surface area (Å²) in [6.45, 7) is 4.03. The summed E-state index contributed by atoms with van der Waals surface area (Å²) in [6, 6.07) is 7.16. The van der Waals surface area contributed by atoms with E-state index in [0.717, 1.165) is 17.0 Å². The maximum Gasteiger partial charge on any atom is 0.270 e. The van der Waals surface area contributed by atoms with Crippen molar-refractivity contribution in [1.82, 2.24) is 25.2 Å². The highest BCUT2D eigenvalue weighted by Crippen LogP contribution is 2.24. The van der Waals surface area contributed by atoms with Crippen molar-refractivity contribution < 1.29 is 9.32 Å². The maximum atomic E-state index is 12.3. The van der Waals surface area contributed by atoms with Crippen LogP contribution >= 0.6 is 0 Å². The van der Waals surface area contributed by atoms with Crippen LogP contribution in [0, 0.1) is 13.8 Å². The van der Waals surface area contributed by atoms with Gasteiger partial charge in [0.25, 0.3) is 5.91 Å². The van der Waals surface area contributed by atoms with E-state index in [4.69, 9.17) is 4.52 Å². The van der Waals surface area contributed by atoms with Crippen LogP contribution in [0.1, 0.15) is 27.6 Å². The molecule has 7 heteroatoms. The molecule has 0 radical (unpaired) electrons. The summed E-state index contributed by atoms with van der Waals surface area (Å²) in [5, 5.41) is 11.0. The van der Waals surface area contributed by atoms with E-state index in [9.17, 15) is 4.79 Å². The molecular formula is C16H17N5O2. The zero-order valence-corrected chi connectivity index (χ0v) is 13.2. The minimum atomic E-state index is -0.246. The molecule has 3 rings (SSSR count). The number of hydrogen-bond donors (Lipinski definition) is 1. The van der Waals surface area contributed by atoms with Crippen LogP contribution in [-0.2, 0) is 13.6 Å². The van der Waals surface area contributed by atoms with E-state index in [1.807, 2.05) is 39.2 Å². The zero-order chi connectivity index (χ0) is 16.4. The van der Waals surface area contributed by atoms with Crippen molar-refractivity contribution in [3.05, 3.63) is 53.3 Å². The third kappa shape index (κ3) is 3.13. The predicted molar refractivity (Wildman–Crippen MR) is 83.6 cm³/mol. The number of pyridine rings is 1.